The van der Waals surface area contributed by atoms with Crippen LogP contribution >= 0.6 is 0 Å². The Hall–Kier alpha value is -1.92. The molecule has 2 rings (SSSR count). The molecule has 182 valence electrons. The Kier molecular flexibility index (Phi) is 8.89. The number of unbranched alkanes of at least 4 members (excludes halogenated alkanes) is 1. The zero-order chi connectivity index (χ0) is 24.1. The Balaban J connectivity index is 2.10. The van der Waals surface area contributed by atoms with E-state index >= 15 is 0 Å². The first-order valence-electron chi connectivity index (χ1n) is 10.8. The van der Waals surface area contributed by atoms with Gasteiger partial charge in [-0.3, -0.25) is 4.79 Å². The first kappa shape index (κ1) is 26.3. The number of amides is 1. The molecule has 1 fully saturated rings. The number of aromatic nitrogens is 1. The minimum Gasteiger partial charge on any atom is -0.451 e. The van der Waals surface area contributed by atoms with Crippen LogP contribution in [0.25, 0.3) is 0 Å². The van der Waals surface area contributed by atoms with Crippen LogP contribution in [0.3, 0.4) is 0 Å². The highest BCUT2D eigenvalue weighted by Crippen LogP contribution is 2.20. The second-order valence-electron chi connectivity index (χ2n) is 7.83. The fraction of sp³-hybridized carbons (Fsp3) is 0.700. The second-order valence-corrected chi connectivity index (χ2v) is 12.0. The molecule has 32 heavy (non-hydrogen) atoms. The third kappa shape index (κ3) is 6.10. The standard InChI is InChI=1S/C20H33N3O7S2/c1-5-8-10-23(16-9-11-31(26,27)15-16)19(24)14-30-20(25)18-12-17(13-21(18)4)32(28,29)22(6-2)7-3/h12-13,16H,5-11,14-15H2,1-4H3. The number of sulfone groups is 1. The van der Waals surface area contributed by atoms with Crippen LogP contribution in [-0.2, 0) is 36.4 Å². The highest BCUT2D eigenvalue weighted by molar-refractivity contribution is 7.91. The SMILES string of the molecule is CCCCN(C(=O)COC(=O)c1cc(S(=O)(=O)N(CC)CC)cn1C)C1CCS(=O)(=O)C1. The van der Waals surface area contributed by atoms with Crippen LogP contribution < -0.4 is 0 Å². The van der Waals surface area contributed by atoms with E-state index in [1.807, 2.05) is 6.92 Å². The molecule has 1 saturated heterocycles. The zero-order valence-electron chi connectivity index (χ0n) is 19.1. The smallest absolute Gasteiger partial charge is 0.355 e. The van der Waals surface area contributed by atoms with E-state index in [0.29, 0.717) is 32.5 Å². The summed E-state index contributed by atoms with van der Waals surface area (Å²) < 4.78 is 56.8. The van der Waals surface area contributed by atoms with Crippen molar-refractivity contribution in [3.63, 3.8) is 0 Å². The van der Waals surface area contributed by atoms with Crippen LogP contribution in [0.4, 0.5) is 0 Å². The van der Waals surface area contributed by atoms with Crippen molar-refractivity contribution in [1.82, 2.24) is 13.8 Å². The Bertz CT molecular complexity index is 1030. The van der Waals surface area contributed by atoms with Crippen molar-refractivity contribution in [2.24, 2.45) is 7.05 Å². The number of hydrogen-bond acceptors (Lipinski definition) is 7. The lowest BCUT2D eigenvalue weighted by molar-refractivity contribution is -0.136. The summed E-state index contributed by atoms with van der Waals surface area (Å²) >= 11 is 0. The number of nitrogens with zero attached hydrogens (tertiary/aromatic N) is 3. The largest absolute Gasteiger partial charge is 0.451 e. The van der Waals surface area contributed by atoms with Crippen molar-refractivity contribution in [1.29, 1.82) is 0 Å². The molecule has 1 unspecified atom stereocenters. The van der Waals surface area contributed by atoms with Gasteiger partial charge in [0.1, 0.15) is 10.6 Å². The number of esters is 1. The Labute approximate surface area is 190 Å². The van der Waals surface area contributed by atoms with Gasteiger partial charge in [0, 0.05) is 38.9 Å². The molecule has 1 aromatic rings. The lowest BCUT2D eigenvalue weighted by Crippen LogP contribution is -2.44. The van der Waals surface area contributed by atoms with Gasteiger partial charge in [0.2, 0.25) is 10.0 Å². The summed E-state index contributed by atoms with van der Waals surface area (Å²) in [4.78, 5) is 26.8. The van der Waals surface area contributed by atoms with Crippen LogP contribution in [0.15, 0.2) is 17.2 Å². The van der Waals surface area contributed by atoms with Crippen LogP contribution in [0.5, 0.6) is 0 Å². The van der Waals surface area contributed by atoms with Gasteiger partial charge in [-0.05, 0) is 18.9 Å². The monoisotopic (exact) mass is 491 g/mol. The molecular formula is C20H33N3O7S2. The van der Waals surface area contributed by atoms with Gasteiger partial charge in [0.05, 0.1) is 11.5 Å². The van der Waals surface area contributed by atoms with Crippen molar-refractivity contribution < 1.29 is 31.2 Å². The van der Waals surface area contributed by atoms with E-state index in [1.165, 1.54) is 33.1 Å². The van der Waals surface area contributed by atoms with E-state index in [9.17, 15) is 26.4 Å². The molecule has 2 heterocycles. The molecular weight excluding hydrogens is 458 g/mol. The summed E-state index contributed by atoms with van der Waals surface area (Å²) in [5.74, 6) is -1.32. The molecule has 0 bridgehead atoms. The van der Waals surface area contributed by atoms with Gasteiger partial charge >= 0.3 is 5.97 Å². The minimum atomic E-state index is -3.74. The second kappa shape index (κ2) is 10.8. The first-order valence-corrected chi connectivity index (χ1v) is 14.1. The summed E-state index contributed by atoms with van der Waals surface area (Å²) in [6.07, 6.45) is 3.25. The van der Waals surface area contributed by atoms with Gasteiger partial charge < -0.3 is 14.2 Å². The maximum atomic E-state index is 12.7. The molecule has 0 spiro atoms. The molecule has 1 amide bonds. The molecule has 0 aromatic carbocycles. The van der Waals surface area contributed by atoms with Gasteiger partial charge in [0.15, 0.2) is 16.4 Å². The number of hydrogen-bond donors (Lipinski definition) is 0. The summed E-state index contributed by atoms with van der Waals surface area (Å²) in [6.45, 7) is 5.87. The Morgan fingerprint density at radius 1 is 1.22 bits per heavy atom. The summed E-state index contributed by atoms with van der Waals surface area (Å²) in [5, 5.41) is 0. The number of carbonyl (C=O) groups is 2. The molecule has 0 saturated carbocycles. The predicted molar refractivity (Wildman–Crippen MR) is 119 cm³/mol. The zero-order valence-corrected chi connectivity index (χ0v) is 20.7. The van der Waals surface area contributed by atoms with Gasteiger partial charge in [-0.2, -0.15) is 4.31 Å². The molecule has 1 aromatic heterocycles. The summed E-state index contributed by atoms with van der Waals surface area (Å²) in [5.41, 5.74) is 0.00656. The highest BCUT2D eigenvalue weighted by Gasteiger charge is 2.35. The average molecular weight is 492 g/mol. The Morgan fingerprint density at radius 3 is 2.41 bits per heavy atom. The van der Waals surface area contributed by atoms with Gasteiger partial charge in [-0.1, -0.05) is 27.2 Å². The molecule has 10 nitrogen and oxygen atoms in total. The Morgan fingerprint density at radius 2 is 1.88 bits per heavy atom. The molecule has 0 aliphatic carbocycles. The maximum Gasteiger partial charge on any atom is 0.355 e. The van der Waals surface area contributed by atoms with Gasteiger partial charge in [0.25, 0.3) is 5.91 Å². The molecule has 12 heteroatoms. The number of carbonyl (C=O) groups excluding carboxylic acids is 2. The van der Waals surface area contributed by atoms with E-state index in [4.69, 9.17) is 4.74 Å². The molecule has 0 N–H and O–H groups in total. The van der Waals surface area contributed by atoms with Crippen LogP contribution in [0.2, 0.25) is 0 Å². The van der Waals surface area contributed by atoms with E-state index in [-0.39, 0.29) is 22.1 Å². The van der Waals surface area contributed by atoms with Crippen molar-refractivity contribution in [2.45, 2.75) is 51.0 Å². The van der Waals surface area contributed by atoms with Gasteiger partial charge in [-0.15, -0.1) is 0 Å². The first-order chi connectivity index (χ1) is 15.0. The molecule has 1 atom stereocenters. The average Bonchev–Trinajstić information content (AvgIpc) is 3.29. The highest BCUT2D eigenvalue weighted by atomic mass is 32.2. The lowest BCUT2D eigenvalue weighted by Gasteiger charge is -2.28. The molecule has 1 aliphatic rings. The van der Waals surface area contributed by atoms with E-state index in [0.717, 1.165) is 6.42 Å². The third-order valence-corrected chi connectivity index (χ3v) is 9.35. The third-order valence-electron chi connectivity index (χ3n) is 5.58. The number of sulfonamides is 1. The van der Waals surface area contributed by atoms with Crippen LogP contribution in [0, 0.1) is 0 Å². The minimum absolute atomic E-state index is 0.00656. The van der Waals surface area contributed by atoms with Crippen LogP contribution in [0.1, 0.15) is 50.5 Å². The number of rotatable bonds is 11. The summed E-state index contributed by atoms with van der Waals surface area (Å²) in [6, 6.07) is 0.817. The summed E-state index contributed by atoms with van der Waals surface area (Å²) in [7, 11) is -5.38. The fourth-order valence-corrected chi connectivity index (χ4v) is 7.00. The fourth-order valence-electron chi connectivity index (χ4n) is 3.74. The van der Waals surface area contributed by atoms with E-state index in [2.05, 4.69) is 0 Å². The van der Waals surface area contributed by atoms with E-state index < -0.39 is 44.4 Å². The lowest BCUT2D eigenvalue weighted by atomic mass is 10.2. The molecule has 1 aliphatic heterocycles. The quantitative estimate of drug-likeness (QED) is 0.424. The normalized spacial score (nSPS) is 18.1. The number of aryl methyl sites for hydroxylation is 1. The van der Waals surface area contributed by atoms with Crippen molar-refractivity contribution in [3.05, 3.63) is 18.0 Å². The predicted octanol–water partition coefficient (Wildman–Crippen LogP) is 1.03. The topological polar surface area (TPSA) is 123 Å². The van der Waals surface area contributed by atoms with Gasteiger partial charge in [-0.25, -0.2) is 21.6 Å². The van der Waals surface area contributed by atoms with Crippen molar-refractivity contribution >= 4 is 31.7 Å². The molecule has 0 radical (unpaired) electrons. The van der Waals surface area contributed by atoms with Crippen LogP contribution in [-0.4, -0.2) is 86.3 Å². The van der Waals surface area contributed by atoms with E-state index in [1.54, 1.807) is 13.8 Å². The van der Waals surface area contributed by atoms with Crippen molar-refractivity contribution in [2.75, 3.05) is 37.7 Å². The van der Waals surface area contributed by atoms with Crippen molar-refractivity contribution in [3.8, 4) is 0 Å². The maximum absolute atomic E-state index is 12.7. The number of ether oxygens (including phenoxy) is 1.